The van der Waals surface area contributed by atoms with Crippen molar-refractivity contribution in [1.29, 1.82) is 0 Å². The maximum Gasteiger partial charge on any atom is 0.407 e. The Bertz CT molecular complexity index is 381. The number of hydrogen-bond donors (Lipinski definition) is 5. The van der Waals surface area contributed by atoms with Gasteiger partial charge in [-0.05, 0) is 33.6 Å². The van der Waals surface area contributed by atoms with Crippen LogP contribution in [0.1, 0.15) is 33.6 Å². The number of nitrogens with one attached hydrogen (secondary N) is 3. The van der Waals surface area contributed by atoms with E-state index in [1.54, 1.807) is 20.8 Å². The van der Waals surface area contributed by atoms with Gasteiger partial charge in [0.2, 0.25) is 0 Å². The lowest BCUT2D eigenvalue weighted by Gasteiger charge is -2.20. The van der Waals surface area contributed by atoms with Gasteiger partial charge in [0.05, 0.1) is 0 Å². The van der Waals surface area contributed by atoms with E-state index in [4.69, 9.17) is 15.6 Å². The average molecular weight is 318 g/mol. The lowest BCUT2D eigenvalue weighted by Crippen LogP contribution is -2.42. The van der Waals surface area contributed by atoms with Gasteiger partial charge in [0.25, 0.3) is 0 Å². The van der Waals surface area contributed by atoms with E-state index in [0.29, 0.717) is 25.9 Å². The molecule has 0 aromatic rings. The Morgan fingerprint density at radius 3 is 2.27 bits per heavy atom. The van der Waals surface area contributed by atoms with Crippen LogP contribution in [0.5, 0.6) is 0 Å². The first-order chi connectivity index (χ1) is 10.1. The molecule has 9 heteroatoms. The first-order valence-corrected chi connectivity index (χ1v) is 7.08. The Morgan fingerprint density at radius 1 is 1.14 bits per heavy atom. The Balaban J connectivity index is 3.89. The quantitative estimate of drug-likeness (QED) is 0.379. The van der Waals surface area contributed by atoms with Gasteiger partial charge in [0.1, 0.15) is 11.6 Å². The molecule has 6 N–H and O–H groups in total. The number of carboxylic acids is 1. The first kappa shape index (κ1) is 20.0. The Labute approximate surface area is 130 Å². The number of aliphatic carboxylic acids is 1. The van der Waals surface area contributed by atoms with Gasteiger partial charge in [-0.15, -0.1) is 0 Å². The number of amides is 3. The molecule has 1 unspecified atom stereocenters. The van der Waals surface area contributed by atoms with Crippen LogP contribution < -0.4 is 21.7 Å². The number of hydrogen-bond acceptors (Lipinski definition) is 5. The van der Waals surface area contributed by atoms with Crippen molar-refractivity contribution in [3.8, 4) is 0 Å². The number of primary amides is 1. The maximum absolute atomic E-state index is 11.4. The molecule has 0 aliphatic heterocycles. The molecule has 9 nitrogen and oxygen atoms in total. The van der Waals surface area contributed by atoms with Gasteiger partial charge in [-0.2, -0.15) is 0 Å². The zero-order valence-corrected chi connectivity index (χ0v) is 13.3. The third kappa shape index (κ3) is 11.8. The Morgan fingerprint density at radius 2 is 1.77 bits per heavy atom. The van der Waals surface area contributed by atoms with Crippen LogP contribution in [0, 0.1) is 0 Å². The van der Waals surface area contributed by atoms with Gasteiger partial charge >= 0.3 is 18.1 Å². The minimum atomic E-state index is -0.989. The summed E-state index contributed by atoms with van der Waals surface area (Å²) < 4.78 is 5.05. The van der Waals surface area contributed by atoms with E-state index in [1.807, 2.05) is 0 Å². The molecule has 0 fully saturated rings. The van der Waals surface area contributed by atoms with E-state index in [1.165, 1.54) is 0 Å². The minimum absolute atomic E-state index is 0.248. The number of carbonyl (C=O) groups excluding carboxylic acids is 2. The second-order valence-electron chi connectivity index (χ2n) is 5.71. The molecule has 22 heavy (non-hydrogen) atoms. The predicted molar refractivity (Wildman–Crippen MR) is 80.5 cm³/mol. The van der Waals surface area contributed by atoms with Gasteiger partial charge in [0, 0.05) is 19.6 Å². The normalized spacial score (nSPS) is 12.3. The van der Waals surface area contributed by atoms with Crippen LogP contribution in [0.3, 0.4) is 0 Å². The van der Waals surface area contributed by atoms with Crippen molar-refractivity contribution in [1.82, 2.24) is 16.0 Å². The molecule has 0 aromatic heterocycles. The summed E-state index contributed by atoms with van der Waals surface area (Å²) in [5, 5.41) is 16.8. The SMILES string of the molecule is CC(C)(C)OC(=O)NCCNC(CCCNC(N)=O)C(=O)O. The summed E-state index contributed by atoms with van der Waals surface area (Å²) in [6.07, 6.45) is 0.265. The number of carbonyl (C=O) groups is 3. The molecule has 0 aliphatic rings. The molecule has 128 valence electrons. The van der Waals surface area contributed by atoms with Crippen molar-refractivity contribution in [2.75, 3.05) is 19.6 Å². The summed E-state index contributed by atoms with van der Waals surface area (Å²) in [5.41, 5.74) is 4.33. The predicted octanol–water partition coefficient (Wildman–Crippen LogP) is 0.00240. The summed E-state index contributed by atoms with van der Waals surface area (Å²) in [6.45, 7) is 6.12. The zero-order chi connectivity index (χ0) is 17.2. The van der Waals surface area contributed by atoms with E-state index in [-0.39, 0.29) is 6.54 Å². The summed E-state index contributed by atoms with van der Waals surface area (Å²) in [4.78, 5) is 32.9. The molecule has 0 saturated heterocycles. The molecular weight excluding hydrogens is 292 g/mol. The largest absolute Gasteiger partial charge is 0.480 e. The monoisotopic (exact) mass is 318 g/mol. The van der Waals surface area contributed by atoms with E-state index in [9.17, 15) is 14.4 Å². The Kier molecular flexibility index (Phi) is 8.92. The van der Waals surface area contributed by atoms with Gasteiger partial charge in [-0.3, -0.25) is 4.79 Å². The number of alkyl carbamates (subject to hydrolysis) is 1. The second-order valence-corrected chi connectivity index (χ2v) is 5.71. The molecule has 0 saturated carbocycles. The molecule has 0 bridgehead atoms. The third-order valence-electron chi connectivity index (χ3n) is 2.45. The fourth-order valence-corrected chi connectivity index (χ4v) is 1.56. The molecule has 3 amide bonds. The summed E-state index contributed by atoms with van der Waals surface area (Å²) in [7, 11) is 0. The van der Waals surface area contributed by atoms with Crippen LogP contribution in [0.25, 0.3) is 0 Å². The highest BCUT2D eigenvalue weighted by atomic mass is 16.6. The molecular formula is C13H26N4O5. The number of rotatable bonds is 9. The smallest absolute Gasteiger partial charge is 0.407 e. The van der Waals surface area contributed by atoms with E-state index in [2.05, 4.69) is 16.0 Å². The van der Waals surface area contributed by atoms with Crippen LogP contribution in [0.15, 0.2) is 0 Å². The third-order valence-corrected chi connectivity index (χ3v) is 2.45. The first-order valence-electron chi connectivity index (χ1n) is 7.08. The van der Waals surface area contributed by atoms with Crippen LogP contribution in [-0.2, 0) is 9.53 Å². The van der Waals surface area contributed by atoms with Crippen LogP contribution in [0.2, 0.25) is 0 Å². The standard InChI is InChI=1S/C13H26N4O5/c1-13(2,3)22-12(21)17-8-7-15-9(10(18)19)5-4-6-16-11(14)20/h9,15H,4-8H2,1-3H3,(H,17,21)(H,18,19)(H3,14,16,20). The number of ether oxygens (including phenoxy) is 1. The summed E-state index contributed by atoms with van der Waals surface area (Å²) >= 11 is 0. The van der Waals surface area contributed by atoms with Crippen molar-refractivity contribution in [3.63, 3.8) is 0 Å². The lowest BCUT2D eigenvalue weighted by atomic mass is 10.1. The number of carboxylic acid groups (broad SMARTS) is 1. The van der Waals surface area contributed by atoms with Crippen molar-refractivity contribution >= 4 is 18.1 Å². The van der Waals surface area contributed by atoms with Crippen molar-refractivity contribution < 1.29 is 24.2 Å². The molecule has 0 heterocycles. The highest BCUT2D eigenvalue weighted by Gasteiger charge is 2.17. The highest BCUT2D eigenvalue weighted by Crippen LogP contribution is 2.06. The lowest BCUT2D eigenvalue weighted by molar-refractivity contribution is -0.139. The average Bonchev–Trinajstić information content (AvgIpc) is 2.33. The molecule has 0 radical (unpaired) electrons. The van der Waals surface area contributed by atoms with E-state index in [0.717, 1.165) is 0 Å². The van der Waals surface area contributed by atoms with Crippen molar-refractivity contribution in [2.24, 2.45) is 5.73 Å². The number of urea groups is 1. The minimum Gasteiger partial charge on any atom is -0.480 e. The maximum atomic E-state index is 11.4. The van der Waals surface area contributed by atoms with Gasteiger partial charge < -0.3 is 31.5 Å². The molecule has 0 aliphatic carbocycles. The summed E-state index contributed by atoms with van der Waals surface area (Å²) in [6, 6.07) is -1.39. The molecule has 0 aromatic carbocycles. The topological polar surface area (TPSA) is 143 Å². The number of nitrogens with two attached hydrogens (primary N) is 1. The van der Waals surface area contributed by atoms with Crippen LogP contribution in [0.4, 0.5) is 9.59 Å². The van der Waals surface area contributed by atoms with E-state index >= 15 is 0 Å². The fraction of sp³-hybridized carbons (Fsp3) is 0.769. The van der Waals surface area contributed by atoms with Crippen LogP contribution in [-0.4, -0.2) is 54.5 Å². The van der Waals surface area contributed by atoms with Crippen LogP contribution >= 0.6 is 0 Å². The molecule has 0 rings (SSSR count). The fourth-order valence-electron chi connectivity index (χ4n) is 1.56. The Hall–Kier alpha value is -2.03. The molecule has 1 atom stereocenters. The van der Waals surface area contributed by atoms with Gasteiger partial charge in [-0.1, -0.05) is 0 Å². The second kappa shape index (κ2) is 9.82. The van der Waals surface area contributed by atoms with Gasteiger partial charge in [0.15, 0.2) is 0 Å². The van der Waals surface area contributed by atoms with Gasteiger partial charge in [-0.25, -0.2) is 9.59 Å². The van der Waals surface area contributed by atoms with Crippen molar-refractivity contribution in [3.05, 3.63) is 0 Å². The molecule has 0 spiro atoms. The van der Waals surface area contributed by atoms with E-state index < -0.39 is 29.7 Å². The zero-order valence-electron chi connectivity index (χ0n) is 13.3. The highest BCUT2D eigenvalue weighted by molar-refractivity contribution is 5.73. The summed E-state index contributed by atoms with van der Waals surface area (Å²) in [5.74, 6) is -0.989. The van der Waals surface area contributed by atoms with Crippen molar-refractivity contribution in [2.45, 2.75) is 45.3 Å².